The molecule has 1 saturated heterocycles. The zero-order valence-corrected chi connectivity index (χ0v) is 17.7. The molecule has 0 spiro atoms. The highest BCUT2D eigenvalue weighted by atomic mass is 16.2. The molecule has 4 rings (SSSR count). The van der Waals surface area contributed by atoms with Gasteiger partial charge in [-0.15, -0.1) is 5.10 Å². The third-order valence-electron chi connectivity index (χ3n) is 6.61. The number of aromatic nitrogens is 5. The van der Waals surface area contributed by atoms with Crippen LogP contribution < -0.4 is 0 Å². The Labute approximate surface area is 172 Å². The van der Waals surface area contributed by atoms with Crippen LogP contribution in [0.5, 0.6) is 0 Å². The fraction of sp³-hybridized carbons (Fsp3) is 0.667. The van der Waals surface area contributed by atoms with E-state index in [-0.39, 0.29) is 11.4 Å². The Morgan fingerprint density at radius 3 is 2.69 bits per heavy atom. The van der Waals surface area contributed by atoms with Gasteiger partial charge in [0.2, 0.25) is 0 Å². The molecule has 29 heavy (non-hydrogen) atoms. The van der Waals surface area contributed by atoms with Crippen LogP contribution >= 0.6 is 0 Å². The monoisotopic (exact) mass is 397 g/mol. The number of rotatable bonds is 6. The normalized spacial score (nSPS) is 22.7. The molecule has 1 saturated carbocycles. The lowest BCUT2D eigenvalue weighted by Gasteiger charge is -2.39. The number of likely N-dealkylation sites (tertiary alicyclic amines) is 1. The van der Waals surface area contributed by atoms with Crippen LogP contribution in [0.1, 0.15) is 73.7 Å². The average molecular weight is 398 g/mol. The Balaban J connectivity index is 1.67. The predicted molar refractivity (Wildman–Crippen MR) is 109 cm³/mol. The zero-order chi connectivity index (χ0) is 20.4. The first kappa shape index (κ1) is 19.9. The van der Waals surface area contributed by atoms with Gasteiger partial charge in [0.1, 0.15) is 5.54 Å². The molecule has 1 aliphatic carbocycles. The minimum absolute atomic E-state index is 0.0371. The Morgan fingerprint density at radius 2 is 2.00 bits per heavy atom. The predicted octanol–water partition coefficient (Wildman–Crippen LogP) is 2.57. The topological polar surface area (TPSA) is 80.0 Å². The largest absolute Gasteiger partial charge is 0.336 e. The third kappa shape index (κ3) is 3.54. The van der Waals surface area contributed by atoms with Gasteiger partial charge in [-0.2, -0.15) is 0 Å². The number of amides is 1. The van der Waals surface area contributed by atoms with E-state index in [0.717, 1.165) is 43.7 Å². The number of hydrogen-bond acceptors (Lipinski definition) is 6. The molecule has 1 unspecified atom stereocenters. The van der Waals surface area contributed by atoms with Crippen molar-refractivity contribution in [3.63, 3.8) is 0 Å². The minimum Gasteiger partial charge on any atom is -0.336 e. The highest BCUT2D eigenvalue weighted by Gasteiger charge is 2.49. The van der Waals surface area contributed by atoms with Gasteiger partial charge in [0.15, 0.2) is 5.82 Å². The summed E-state index contributed by atoms with van der Waals surface area (Å²) in [6, 6.07) is 2.29. The first-order valence-corrected chi connectivity index (χ1v) is 10.8. The zero-order valence-electron chi connectivity index (χ0n) is 17.7. The van der Waals surface area contributed by atoms with E-state index >= 15 is 0 Å². The van der Waals surface area contributed by atoms with E-state index in [1.165, 1.54) is 12.8 Å². The van der Waals surface area contributed by atoms with Crippen LogP contribution in [0.15, 0.2) is 18.5 Å². The van der Waals surface area contributed by atoms with Gasteiger partial charge in [-0.05, 0) is 61.3 Å². The summed E-state index contributed by atoms with van der Waals surface area (Å²) in [5.74, 6) is 0.959. The number of aryl methyl sites for hydroxylation is 1. The molecule has 8 nitrogen and oxygen atoms in total. The van der Waals surface area contributed by atoms with Crippen molar-refractivity contribution in [2.75, 3.05) is 26.2 Å². The van der Waals surface area contributed by atoms with Gasteiger partial charge in [0.05, 0.1) is 11.6 Å². The van der Waals surface area contributed by atoms with Crippen LogP contribution in [0.3, 0.4) is 0 Å². The lowest BCUT2D eigenvalue weighted by Crippen LogP contribution is -2.50. The van der Waals surface area contributed by atoms with E-state index in [4.69, 9.17) is 0 Å². The fourth-order valence-electron chi connectivity index (χ4n) is 5.13. The van der Waals surface area contributed by atoms with Gasteiger partial charge >= 0.3 is 0 Å². The molecule has 2 aromatic heterocycles. The number of carbonyl (C=O) groups is 1. The van der Waals surface area contributed by atoms with Crippen molar-refractivity contribution in [1.29, 1.82) is 0 Å². The number of hydrogen-bond donors (Lipinski definition) is 0. The molecule has 156 valence electrons. The van der Waals surface area contributed by atoms with Crippen molar-refractivity contribution in [3.05, 3.63) is 35.4 Å². The Kier molecular flexibility index (Phi) is 5.63. The van der Waals surface area contributed by atoms with E-state index in [1.54, 1.807) is 12.4 Å². The van der Waals surface area contributed by atoms with Crippen LogP contribution in [-0.4, -0.2) is 67.1 Å². The molecule has 2 aliphatic rings. The number of carbonyl (C=O) groups excluding carboxylic acids is 1. The summed E-state index contributed by atoms with van der Waals surface area (Å²) in [7, 11) is 0. The summed E-state index contributed by atoms with van der Waals surface area (Å²) in [5, 5.41) is 13.0. The van der Waals surface area contributed by atoms with Crippen LogP contribution in [0.4, 0.5) is 0 Å². The molecule has 1 atom stereocenters. The summed E-state index contributed by atoms with van der Waals surface area (Å²) in [4.78, 5) is 21.8. The van der Waals surface area contributed by atoms with Crippen molar-refractivity contribution in [2.24, 2.45) is 0 Å². The summed E-state index contributed by atoms with van der Waals surface area (Å²) < 4.78 is 2.06. The molecule has 2 aromatic rings. The standard InChI is InChI=1S/C21H31N7O/c1-4-27(5-2)21(20-23-24-25-28(20)18-8-6-7-9-18)10-11-26(15-21)19(29)17-12-16(3)13-22-14-17/h12-14,18H,4-11,15H2,1-3H3. The molecule has 3 heterocycles. The Bertz CT molecular complexity index is 856. The van der Waals surface area contributed by atoms with Crippen LogP contribution in [0.2, 0.25) is 0 Å². The SMILES string of the molecule is CCN(CC)C1(c2nnnn2C2CCCC2)CCN(C(=O)c2cncc(C)c2)C1. The number of tetrazole rings is 1. The molecule has 8 heteroatoms. The van der Waals surface area contributed by atoms with Gasteiger partial charge in [-0.1, -0.05) is 26.7 Å². The highest BCUT2D eigenvalue weighted by Crippen LogP contribution is 2.40. The molecule has 1 amide bonds. The molecular formula is C21H31N7O. The van der Waals surface area contributed by atoms with Crippen molar-refractivity contribution in [3.8, 4) is 0 Å². The van der Waals surface area contributed by atoms with Crippen molar-refractivity contribution in [1.82, 2.24) is 35.0 Å². The van der Waals surface area contributed by atoms with Gasteiger partial charge in [0.25, 0.3) is 5.91 Å². The molecule has 1 aliphatic heterocycles. The fourth-order valence-corrected chi connectivity index (χ4v) is 5.13. The lowest BCUT2D eigenvalue weighted by molar-refractivity contribution is 0.0660. The number of nitrogens with zero attached hydrogens (tertiary/aromatic N) is 7. The van der Waals surface area contributed by atoms with Crippen molar-refractivity contribution >= 4 is 5.91 Å². The number of likely N-dealkylation sites (N-methyl/N-ethyl adjacent to an activating group) is 1. The van der Waals surface area contributed by atoms with Crippen molar-refractivity contribution in [2.45, 2.75) is 64.5 Å². The first-order chi connectivity index (χ1) is 14.1. The van der Waals surface area contributed by atoms with Gasteiger partial charge in [-0.25, -0.2) is 4.68 Å². The average Bonchev–Trinajstić information content (AvgIpc) is 3.48. The molecule has 0 N–H and O–H groups in total. The van der Waals surface area contributed by atoms with E-state index in [0.29, 0.717) is 24.7 Å². The maximum Gasteiger partial charge on any atom is 0.255 e. The molecule has 0 bridgehead atoms. The van der Waals surface area contributed by atoms with Crippen LogP contribution in [-0.2, 0) is 5.54 Å². The molecule has 0 aromatic carbocycles. The minimum atomic E-state index is -0.345. The summed E-state index contributed by atoms with van der Waals surface area (Å²) in [6.45, 7) is 9.39. The highest BCUT2D eigenvalue weighted by molar-refractivity contribution is 5.94. The second kappa shape index (κ2) is 8.18. The lowest BCUT2D eigenvalue weighted by atomic mass is 9.94. The molecule has 2 fully saturated rings. The Morgan fingerprint density at radius 1 is 1.24 bits per heavy atom. The van der Waals surface area contributed by atoms with E-state index in [9.17, 15) is 4.79 Å². The van der Waals surface area contributed by atoms with Gasteiger partial charge in [0, 0.05) is 25.5 Å². The smallest absolute Gasteiger partial charge is 0.255 e. The van der Waals surface area contributed by atoms with Crippen molar-refractivity contribution < 1.29 is 4.79 Å². The van der Waals surface area contributed by atoms with Gasteiger partial charge in [-0.3, -0.25) is 14.7 Å². The van der Waals surface area contributed by atoms with E-state index in [2.05, 4.69) is 43.9 Å². The third-order valence-corrected chi connectivity index (χ3v) is 6.61. The summed E-state index contributed by atoms with van der Waals surface area (Å²) in [6.07, 6.45) is 8.99. The second-order valence-corrected chi connectivity index (χ2v) is 8.32. The van der Waals surface area contributed by atoms with Crippen LogP contribution in [0, 0.1) is 6.92 Å². The molecule has 0 radical (unpaired) electrons. The quantitative estimate of drug-likeness (QED) is 0.745. The van der Waals surface area contributed by atoms with E-state index < -0.39 is 0 Å². The van der Waals surface area contributed by atoms with Gasteiger partial charge < -0.3 is 4.90 Å². The Hall–Kier alpha value is -2.35. The summed E-state index contributed by atoms with van der Waals surface area (Å²) >= 11 is 0. The second-order valence-electron chi connectivity index (χ2n) is 8.32. The maximum absolute atomic E-state index is 13.2. The van der Waals surface area contributed by atoms with Crippen LogP contribution in [0.25, 0.3) is 0 Å². The maximum atomic E-state index is 13.2. The number of pyridine rings is 1. The molecular weight excluding hydrogens is 366 g/mol. The first-order valence-electron chi connectivity index (χ1n) is 10.8. The van der Waals surface area contributed by atoms with E-state index in [1.807, 2.05) is 17.9 Å². The summed E-state index contributed by atoms with van der Waals surface area (Å²) in [5.41, 5.74) is 1.30.